The van der Waals surface area contributed by atoms with Gasteiger partial charge in [0, 0.05) is 54.2 Å². The molecule has 3 atom stereocenters. The van der Waals surface area contributed by atoms with E-state index < -0.39 is 24.9 Å². The molecule has 1 aliphatic heterocycles. The van der Waals surface area contributed by atoms with Crippen molar-refractivity contribution in [1.29, 1.82) is 0 Å². The van der Waals surface area contributed by atoms with Gasteiger partial charge in [-0.15, -0.1) is 11.8 Å². The number of aryl methyl sites for hydroxylation is 1. The van der Waals surface area contributed by atoms with Crippen molar-refractivity contribution in [2.45, 2.75) is 106 Å². The number of rotatable bonds is 18. The highest BCUT2D eigenvalue weighted by Crippen LogP contribution is 2.53. The molecule has 1 amide bonds. The number of carbonyl (C=O) groups excluding carboxylic acids is 1. The minimum atomic E-state index is -1.60. The van der Waals surface area contributed by atoms with Gasteiger partial charge < -0.3 is 39.5 Å². The Morgan fingerprint density at radius 3 is 2.56 bits per heavy atom. The first-order valence-electron chi connectivity index (χ1n) is 17.9. The van der Waals surface area contributed by atoms with E-state index in [1.807, 2.05) is 24.5 Å². The first-order chi connectivity index (χ1) is 24.3. The predicted octanol–water partition coefficient (Wildman–Crippen LogP) is 4.76. The van der Waals surface area contributed by atoms with E-state index in [0.29, 0.717) is 45.3 Å². The molecule has 0 bridgehead atoms. The van der Waals surface area contributed by atoms with Crippen molar-refractivity contribution in [3.8, 4) is 16.9 Å². The molecular formula is C39H50N2O8S. The van der Waals surface area contributed by atoms with Gasteiger partial charge in [0.1, 0.15) is 18.0 Å². The van der Waals surface area contributed by atoms with E-state index in [1.54, 1.807) is 16.7 Å². The summed E-state index contributed by atoms with van der Waals surface area (Å²) < 4.78 is 18.5. The molecule has 1 saturated heterocycles. The predicted molar refractivity (Wildman–Crippen MR) is 191 cm³/mol. The van der Waals surface area contributed by atoms with Gasteiger partial charge in [-0.25, -0.2) is 0 Å². The summed E-state index contributed by atoms with van der Waals surface area (Å²) in [5.41, 5.74) is 5.21. The number of aromatic nitrogens is 1. The van der Waals surface area contributed by atoms with Gasteiger partial charge in [-0.05, 0) is 98.6 Å². The topological polar surface area (TPSA) is 142 Å². The second kappa shape index (κ2) is 17.0. The number of carbonyl (C=O) groups is 1. The van der Waals surface area contributed by atoms with Crippen LogP contribution in [0.4, 0.5) is 0 Å². The molecule has 3 aliphatic rings. The van der Waals surface area contributed by atoms with Gasteiger partial charge >= 0.3 is 0 Å². The van der Waals surface area contributed by atoms with Crippen LogP contribution in [0.3, 0.4) is 0 Å². The number of aliphatic hydroxyl groups excluding tert-OH is 4. The number of hydrogen-bond donors (Lipinski definition) is 4. The summed E-state index contributed by atoms with van der Waals surface area (Å²) in [4.78, 5) is 20.7. The third-order valence-corrected chi connectivity index (χ3v) is 11.0. The average molecular weight is 707 g/mol. The number of aliphatic hydroxyl groups is 4. The number of benzene rings is 2. The fourth-order valence-electron chi connectivity index (χ4n) is 6.58. The zero-order valence-corrected chi connectivity index (χ0v) is 29.6. The zero-order valence-electron chi connectivity index (χ0n) is 28.8. The van der Waals surface area contributed by atoms with Crippen molar-refractivity contribution in [3.63, 3.8) is 0 Å². The van der Waals surface area contributed by atoms with Crippen LogP contribution < -0.4 is 4.74 Å². The van der Waals surface area contributed by atoms with Gasteiger partial charge in [0.05, 0.1) is 37.4 Å². The Labute approximate surface area is 298 Å². The Kier molecular flexibility index (Phi) is 12.5. The van der Waals surface area contributed by atoms with E-state index >= 15 is 0 Å². The molecular weight excluding hydrogens is 657 g/mol. The molecule has 2 saturated carbocycles. The van der Waals surface area contributed by atoms with Crippen LogP contribution in [-0.4, -0.2) is 98.8 Å². The SMILES string of the molecule is Cc1ccc(SCCCN(C(=O)CC(O)C(O)C(O)CO)C2CCOCC2)cc1COC1(c2cnccc2-c2ccccc2OC2CC2)CC1. The molecule has 4 N–H and O–H groups in total. The lowest BCUT2D eigenvalue weighted by atomic mass is 9.96. The molecule has 3 fully saturated rings. The summed E-state index contributed by atoms with van der Waals surface area (Å²) in [5.74, 6) is 1.42. The smallest absolute Gasteiger partial charge is 0.225 e. The van der Waals surface area contributed by atoms with Gasteiger partial charge in [0.25, 0.3) is 0 Å². The van der Waals surface area contributed by atoms with Crippen LogP contribution in [-0.2, 0) is 26.5 Å². The maximum absolute atomic E-state index is 13.3. The Morgan fingerprint density at radius 1 is 1.04 bits per heavy atom. The molecule has 3 aromatic rings. The number of amides is 1. The standard InChI is InChI=1S/C39H50N2O8S/c1-26-7-10-30(50-20-4-17-41(28-12-18-47-19-13-28)37(45)22-34(43)38(46)35(44)24-42)21-27(26)25-48-39(14-15-39)33-23-40-16-11-31(33)32-5-2-3-6-36(32)49-29-8-9-29/h2-3,5-7,10-11,16,21,23,28-29,34-35,38,42-44,46H,4,8-9,12-15,17-20,22,24-25H2,1H3. The molecule has 0 spiro atoms. The third kappa shape index (κ3) is 9.25. The number of thioether (sulfide) groups is 1. The summed E-state index contributed by atoms with van der Waals surface area (Å²) in [5, 5.41) is 39.3. The second-order valence-electron chi connectivity index (χ2n) is 13.8. The molecule has 270 valence electrons. The van der Waals surface area contributed by atoms with Crippen LogP contribution in [0, 0.1) is 6.92 Å². The van der Waals surface area contributed by atoms with Gasteiger partial charge in [-0.1, -0.05) is 24.3 Å². The number of pyridine rings is 1. The fraction of sp³-hybridized carbons (Fsp3) is 0.538. The van der Waals surface area contributed by atoms with Crippen LogP contribution in [0.5, 0.6) is 5.75 Å². The van der Waals surface area contributed by atoms with E-state index in [0.717, 1.165) is 70.8 Å². The summed E-state index contributed by atoms with van der Waals surface area (Å²) in [6.45, 7) is 3.54. The summed E-state index contributed by atoms with van der Waals surface area (Å²) in [6.07, 6.45) is 5.43. The van der Waals surface area contributed by atoms with Crippen LogP contribution in [0.1, 0.15) is 68.1 Å². The van der Waals surface area contributed by atoms with Crippen LogP contribution in [0.25, 0.3) is 11.1 Å². The molecule has 11 heteroatoms. The van der Waals surface area contributed by atoms with Gasteiger partial charge in [-0.2, -0.15) is 0 Å². The zero-order chi connectivity index (χ0) is 35.1. The maximum Gasteiger partial charge on any atom is 0.225 e. The summed E-state index contributed by atoms with van der Waals surface area (Å²) >= 11 is 1.73. The Morgan fingerprint density at radius 2 is 1.82 bits per heavy atom. The molecule has 10 nitrogen and oxygen atoms in total. The Balaban J connectivity index is 1.06. The van der Waals surface area contributed by atoms with Crippen LogP contribution in [0.2, 0.25) is 0 Å². The number of nitrogens with zero attached hydrogens (tertiary/aromatic N) is 2. The van der Waals surface area contributed by atoms with Crippen LogP contribution in [0.15, 0.2) is 65.8 Å². The van der Waals surface area contributed by atoms with Crippen molar-refractivity contribution in [1.82, 2.24) is 9.88 Å². The Bertz CT molecular complexity index is 1580. The van der Waals surface area contributed by atoms with Crippen LogP contribution >= 0.6 is 11.8 Å². The first-order valence-corrected chi connectivity index (χ1v) is 18.9. The molecule has 2 aromatic carbocycles. The molecule has 3 unspecified atom stereocenters. The highest BCUT2D eigenvalue weighted by molar-refractivity contribution is 7.99. The molecule has 2 aliphatic carbocycles. The van der Waals surface area contributed by atoms with Crippen molar-refractivity contribution in [3.05, 3.63) is 77.6 Å². The van der Waals surface area contributed by atoms with Crippen molar-refractivity contribution < 1.29 is 39.4 Å². The number of ether oxygens (including phenoxy) is 3. The number of hydrogen-bond acceptors (Lipinski definition) is 10. The summed E-state index contributed by atoms with van der Waals surface area (Å²) in [7, 11) is 0. The molecule has 6 rings (SSSR count). The largest absolute Gasteiger partial charge is 0.490 e. The lowest BCUT2D eigenvalue weighted by Crippen LogP contribution is -2.47. The van der Waals surface area contributed by atoms with Gasteiger partial charge in [0.15, 0.2) is 0 Å². The first kappa shape index (κ1) is 36.8. The lowest BCUT2D eigenvalue weighted by Gasteiger charge is -2.35. The lowest BCUT2D eigenvalue weighted by molar-refractivity contribution is -0.142. The van der Waals surface area contributed by atoms with Crippen molar-refractivity contribution in [2.75, 3.05) is 32.1 Å². The fourth-order valence-corrected chi connectivity index (χ4v) is 7.48. The third-order valence-electron chi connectivity index (χ3n) is 9.96. The van der Waals surface area contributed by atoms with Gasteiger partial charge in [-0.3, -0.25) is 9.78 Å². The summed E-state index contributed by atoms with van der Waals surface area (Å²) in [6, 6.07) is 16.8. The Hall–Kier alpha value is -3.03. The minimum absolute atomic E-state index is 0.00855. The minimum Gasteiger partial charge on any atom is -0.490 e. The van der Waals surface area contributed by atoms with E-state index in [1.165, 1.54) is 5.56 Å². The van der Waals surface area contributed by atoms with Crippen molar-refractivity contribution >= 4 is 17.7 Å². The monoisotopic (exact) mass is 706 g/mol. The molecule has 1 aromatic heterocycles. The quantitative estimate of drug-likeness (QED) is 0.108. The molecule has 0 radical (unpaired) electrons. The van der Waals surface area contributed by atoms with E-state index in [9.17, 15) is 20.1 Å². The van der Waals surface area contributed by atoms with E-state index in [4.69, 9.17) is 19.3 Å². The second-order valence-corrected chi connectivity index (χ2v) is 14.9. The highest BCUT2D eigenvalue weighted by atomic mass is 32.2. The van der Waals surface area contributed by atoms with Crippen molar-refractivity contribution in [2.24, 2.45) is 0 Å². The van der Waals surface area contributed by atoms with Gasteiger partial charge in [0.2, 0.25) is 5.91 Å². The average Bonchev–Trinajstić information content (AvgIpc) is 4.09. The molecule has 50 heavy (non-hydrogen) atoms. The highest BCUT2D eigenvalue weighted by Gasteiger charge is 2.48. The number of para-hydroxylation sites is 1. The van der Waals surface area contributed by atoms with E-state index in [2.05, 4.69) is 48.3 Å². The normalized spacial score (nSPS) is 19.1. The maximum atomic E-state index is 13.3. The van der Waals surface area contributed by atoms with E-state index in [-0.39, 0.29) is 24.0 Å². The molecule has 2 heterocycles.